The maximum atomic E-state index is 9.41. The highest BCUT2D eigenvalue weighted by Gasteiger charge is 2.13. The van der Waals surface area contributed by atoms with Crippen molar-refractivity contribution in [3.05, 3.63) is 17.0 Å². The zero-order valence-corrected chi connectivity index (χ0v) is 11.2. The smallest absolute Gasteiger partial charge is 0.0718 e. The van der Waals surface area contributed by atoms with E-state index in [4.69, 9.17) is 4.74 Å². The molecule has 0 unspecified atom stereocenters. The van der Waals surface area contributed by atoms with E-state index in [9.17, 15) is 5.11 Å². The van der Waals surface area contributed by atoms with Crippen LogP contribution in [0.1, 0.15) is 44.1 Å². The zero-order chi connectivity index (χ0) is 12.7. The third-order valence-electron chi connectivity index (χ3n) is 2.94. The van der Waals surface area contributed by atoms with E-state index in [1.54, 1.807) is 0 Å². The normalized spacial score (nSPS) is 11.1. The molecule has 0 atom stereocenters. The first-order chi connectivity index (χ1) is 8.28. The van der Waals surface area contributed by atoms with Gasteiger partial charge < -0.3 is 9.84 Å². The van der Waals surface area contributed by atoms with Gasteiger partial charge >= 0.3 is 0 Å². The Morgan fingerprint density at radius 1 is 1.24 bits per heavy atom. The minimum atomic E-state index is 0.0950. The lowest BCUT2D eigenvalue weighted by Gasteiger charge is -2.07. The van der Waals surface area contributed by atoms with Gasteiger partial charge in [-0.05, 0) is 26.2 Å². The molecule has 1 N–H and O–H groups in total. The van der Waals surface area contributed by atoms with Crippen LogP contribution in [0.5, 0.6) is 0 Å². The number of aliphatic hydroxyl groups is 1. The first kappa shape index (κ1) is 14.2. The number of rotatable bonds is 8. The van der Waals surface area contributed by atoms with E-state index in [-0.39, 0.29) is 6.61 Å². The molecule has 17 heavy (non-hydrogen) atoms. The van der Waals surface area contributed by atoms with Gasteiger partial charge in [0.15, 0.2) is 0 Å². The van der Waals surface area contributed by atoms with Gasteiger partial charge in [-0.1, -0.05) is 13.8 Å². The fraction of sp³-hybridized carbons (Fsp3) is 0.769. The lowest BCUT2D eigenvalue weighted by atomic mass is 10.1. The molecule has 98 valence electrons. The zero-order valence-electron chi connectivity index (χ0n) is 11.2. The minimum absolute atomic E-state index is 0.0950. The SMILES string of the molecule is CCOCCCn1nc(CC)c(CO)c1CC. The summed E-state index contributed by atoms with van der Waals surface area (Å²) >= 11 is 0. The quantitative estimate of drug-likeness (QED) is 0.706. The van der Waals surface area contributed by atoms with Crippen molar-refractivity contribution in [1.82, 2.24) is 9.78 Å². The average Bonchev–Trinajstić information content (AvgIpc) is 2.71. The number of hydrogen-bond acceptors (Lipinski definition) is 3. The van der Waals surface area contributed by atoms with Crippen molar-refractivity contribution in [2.24, 2.45) is 0 Å². The number of aliphatic hydroxyl groups excluding tert-OH is 1. The number of ether oxygens (including phenoxy) is 1. The van der Waals surface area contributed by atoms with Crippen LogP contribution in [0.2, 0.25) is 0 Å². The summed E-state index contributed by atoms with van der Waals surface area (Å²) in [5.74, 6) is 0. The molecule has 0 aliphatic carbocycles. The molecular formula is C13H24N2O2. The summed E-state index contributed by atoms with van der Waals surface area (Å²) in [5, 5.41) is 14.0. The Kier molecular flexibility index (Phi) is 6.22. The molecule has 0 bridgehead atoms. The average molecular weight is 240 g/mol. The third-order valence-corrected chi connectivity index (χ3v) is 2.94. The van der Waals surface area contributed by atoms with Crippen LogP contribution in [-0.2, 0) is 30.7 Å². The van der Waals surface area contributed by atoms with E-state index < -0.39 is 0 Å². The number of aromatic nitrogens is 2. The Bertz CT molecular complexity index is 334. The van der Waals surface area contributed by atoms with Crippen molar-refractivity contribution < 1.29 is 9.84 Å². The molecule has 1 aromatic rings. The molecule has 4 nitrogen and oxygen atoms in total. The molecule has 0 spiro atoms. The first-order valence-corrected chi connectivity index (χ1v) is 6.54. The molecule has 4 heteroatoms. The minimum Gasteiger partial charge on any atom is -0.392 e. The van der Waals surface area contributed by atoms with Crippen LogP contribution in [-0.4, -0.2) is 28.1 Å². The van der Waals surface area contributed by atoms with Crippen molar-refractivity contribution >= 4 is 0 Å². The Labute approximate surface area is 104 Å². The number of hydrogen-bond donors (Lipinski definition) is 1. The molecular weight excluding hydrogens is 216 g/mol. The highest BCUT2D eigenvalue weighted by molar-refractivity contribution is 5.25. The monoisotopic (exact) mass is 240 g/mol. The van der Waals surface area contributed by atoms with Gasteiger partial charge in [0.05, 0.1) is 12.3 Å². The molecule has 0 aromatic carbocycles. The Balaban J connectivity index is 2.73. The maximum Gasteiger partial charge on any atom is 0.0718 e. The van der Waals surface area contributed by atoms with Gasteiger partial charge in [-0.3, -0.25) is 4.68 Å². The molecule has 0 saturated carbocycles. The Morgan fingerprint density at radius 2 is 2.00 bits per heavy atom. The standard InChI is InChI=1S/C13H24N2O2/c1-4-12-11(10-16)13(5-2)15(14-12)8-7-9-17-6-3/h16H,4-10H2,1-3H3. The van der Waals surface area contributed by atoms with Crippen LogP contribution in [0.4, 0.5) is 0 Å². The van der Waals surface area contributed by atoms with Gasteiger partial charge in [0.1, 0.15) is 0 Å². The van der Waals surface area contributed by atoms with E-state index >= 15 is 0 Å². The van der Waals surface area contributed by atoms with Crippen molar-refractivity contribution in [2.75, 3.05) is 13.2 Å². The topological polar surface area (TPSA) is 47.3 Å². The molecule has 1 aromatic heterocycles. The third kappa shape index (κ3) is 3.54. The van der Waals surface area contributed by atoms with E-state index in [2.05, 4.69) is 18.9 Å². The van der Waals surface area contributed by atoms with Crippen LogP contribution in [0.3, 0.4) is 0 Å². The Morgan fingerprint density at radius 3 is 2.53 bits per heavy atom. The van der Waals surface area contributed by atoms with Crippen molar-refractivity contribution in [1.29, 1.82) is 0 Å². The van der Waals surface area contributed by atoms with Crippen LogP contribution in [0.15, 0.2) is 0 Å². The second kappa shape index (κ2) is 7.45. The Hall–Kier alpha value is -0.870. The fourth-order valence-corrected chi connectivity index (χ4v) is 2.10. The van der Waals surface area contributed by atoms with E-state index in [0.717, 1.165) is 50.3 Å². The van der Waals surface area contributed by atoms with Gasteiger partial charge in [0.25, 0.3) is 0 Å². The van der Waals surface area contributed by atoms with Crippen molar-refractivity contribution in [3.8, 4) is 0 Å². The van der Waals surface area contributed by atoms with Crippen LogP contribution >= 0.6 is 0 Å². The second-order valence-electron chi connectivity index (χ2n) is 4.01. The summed E-state index contributed by atoms with van der Waals surface area (Å²) in [6.07, 6.45) is 2.76. The predicted molar refractivity (Wildman–Crippen MR) is 68.0 cm³/mol. The molecule has 0 saturated heterocycles. The predicted octanol–water partition coefficient (Wildman–Crippen LogP) is 1.93. The summed E-state index contributed by atoms with van der Waals surface area (Å²) < 4.78 is 7.36. The van der Waals surface area contributed by atoms with E-state index in [0.29, 0.717) is 0 Å². The largest absolute Gasteiger partial charge is 0.392 e. The van der Waals surface area contributed by atoms with E-state index in [1.807, 2.05) is 11.6 Å². The van der Waals surface area contributed by atoms with Crippen LogP contribution < -0.4 is 0 Å². The lowest BCUT2D eigenvalue weighted by molar-refractivity contribution is 0.140. The summed E-state index contributed by atoms with van der Waals surface area (Å²) in [4.78, 5) is 0. The summed E-state index contributed by atoms with van der Waals surface area (Å²) in [7, 11) is 0. The highest BCUT2D eigenvalue weighted by atomic mass is 16.5. The van der Waals surface area contributed by atoms with Crippen LogP contribution in [0.25, 0.3) is 0 Å². The molecule has 0 aliphatic heterocycles. The number of nitrogens with zero attached hydrogens (tertiary/aromatic N) is 2. The molecule has 0 aliphatic rings. The van der Waals surface area contributed by atoms with Gasteiger partial charge in [-0.25, -0.2) is 0 Å². The summed E-state index contributed by atoms with van der Waals surface area (Å²) in [6, 6.07) is 0. The molecule has 0 radical (unpaired) electrons. The van der Waals surface area contributed by atoms with Gasteiger partial charge in [0.2, 0.25) is 0 Å². The van der Waals surface area contributed by atoms with Gasteiger partial charge in [-0.15, -0.1) is 0 Å². The lowest BCUT2D eigenvalue weighted by Crippen LogP contribution is -2.08. The summed E-state index contributed by atoms with van der Waals surface area (Å²) in [5.41, 5.74) is 3.22. The second-order valence-corrected chi connectivity index (χ2v) is 4.01. The molecule has 1 rings (SSSR count). The molecule has 0 fully saturated rings. The molecule has 0 amide bonds. The fourth-order valence-electron chi connectivity index (χ4n) is 2.10. The van der Waals surface area contributed by atoms with Crippen molar-refractivity contribution in [2.45, 2.75) is 53.2 Å². The highest BCUT2D eigenvalue weighted by Crippen LogP contribution is 2.16. The summed E-state index contributed by atoms with van der Waals surface area (Å²) in [6.45, 7) is 8.69. The maximum absolute atomic E-state index is 9.41. The van der Waals surface area contributed by atoms with Crippen molar-refractivity contribution in [3.63, 3.8) is 0 Å². The number of aryl methyl sites for hydroxylation is 2. The van der Waals surface area contributed by atoms with E-state index in [1.165, 1.54) is 5.69 Å². The first-order valence-electron chi connectivity index (χ1n) is 6.54. The molecule has 1 heterocycles. The van der Waals surface area contributed by atoms with Crippen LogP contribution in [0, 0.1) is 0 Å². The van der Waals surface area contributed by atoms with Gasteiger partial charge in [-0.2, -0.15) is 5.10 Å². The van der Waals surface area contributed by atoms with Gasteiger partial charge in [0, 0.05) is 31.0 Å².